The fourth-order valence-corrected chi connectivity index (χ4v) is 3.94. The fourth-order valence-electron chi connectivity index (χ4n) is 2.88. The molecule has 0 aliphatic carbocycles. The predicted molar refractivity (Wildman–Crippen MR) is 125 cm³/mol. The van der Waals surface area contributed by atoms with E-state index in [-0.39, 0.29) is 10.8 Å². The summed E-state index contributed by atoms with van der Waals surface area (Å²) in [4.78, 5) is 18.7. The normalized spacial score (nSPS) is 11.0. The number of benzene rings is 2. The minimum absolute atomic E-state index is 0.122. The van der Waals surface area contributed by atoms with Crippen LogP contribution in [0.3, 0.4) is 0 Å². The third kappa shape index (κ3) is 5.98. The van der Waals surface area contributed by atoms with Crippen molar-refractivity contribution < 1.29 is 17.9 Å². The van der Waals surface area contributed by atoms with Crippen LogP contribution in [-0.4, -0.2) is 40.0 Å². The van der Waals surface area contributed by atoms with Crippen LogP contribution in [-0.2, 0) is 16.6 Å². The van der Waals surface area contributed by atoms with Crippen LogP contribution >= 0.6 is 0 Å². The van der Waals surface area contributed by atoms with Gasteiger partial charge in [0.05, 0.1) is 11.5 Å². The second kappa shape index (κ2) is 10.1. The SMILES string of the molecule is CCOc1ccc(S(=O)(=O)Nc2ccc(C(=O)NCc3ccnc(N(C)C)c3)cc2)cc1. The number of carbonyl (C=O) groups excluding carboxylic acids is 1. The van der Waals surface area contributed by atoms with E-state index in [9.17, 15) is 13.2 Å². The Morgan fingerprint density at radius 3 is 2.34 bits per heavy atom. The minimum Gasteiger partial charge on any atom is -0.494 e. The molecule has 3 rings (SSSR count). The Kier molecular flexibility index (Phi) is 7.32. The van der Waals surface area contributed by atoms with Gasteiger partial charge in [-0.2, -0.15) is 0 Å². The molecule has 32 heavy (non-hydrogen) atoms. The Morgan fingerprint density at radius 1 is 1.03 bits per heavy atom. The largest absolute Gasteiger partial charge is 0.494 e. The Morgan fingerprint density at radius 2 is 1.72 bits per heavy atom. The molecule has 168 valence electrons. The van der Waals surface area contributed by atoms with Gasteiger partial charge in [0.1, 0.15) is 11.6 Å². The molecule has 0 fully saturated rings. The first-order chi connectivity index (χ1) is 15.3. The number of nitrogens with zero attached hydrogens (tertiary/aromatic N) is 2. The van der Waals surface area contributed by atoms with Crippen LogP contribution in [0.15, 0.2) is 71.8 Å². The maximum absolute atomic E-state index is 12.6. The quantitative estimate of drug-likeness (QED) is 0.515. The number of aromatic nitrogens is 1. The average Bonchev–Trinajstić information content (AvgIpc) is 2.78. The maximum Gasteiger partial charge on any atom is 0.261 e. The van der Waals surface area contributed by atoms with Crippen molar-refractivity contribution in [2.45, 2.75) is 18.4 Å². The maximum atomic E-state index is 12.6. The molecule has 0 saturated heterocycles. The van der Waals surface area contributed by atoms with Gasteiger partial charge in [-0.1, -0.05) is 0 Å². The van der Waals surface area contributed by atoms with Gasteiger partial charge in [-0.05, 0) is 73.2 Å². The highest BCUT2D eigenvalue weighted by atomic mass is 32.2. The molecule has 0 aliphatic rings. The first-order valence-corrected chi connectivity index (χ1v) is 11.5. The zero-order chi connectivity index (χ0) is 23.1. The zero-order valence-corrected chi connectivity index (χ0v) is 19.0. The van der Waals surface area contributed by atoms with Crippen molar-refractivity contribution in [2.24, 2.45) is 0 Å². The molecule has 0 aliphatic heterocycles. The summed E-state index contributed by atoms with van der Waals surface area (Å²) < 4.78 is 33.0. The number of ether oxygens (including phenoxy) is 1. The minimum atomic E-state index is -3.75. The van der Waals surface area contributed by atoms with Crippen LogP contribution in [0.25, 0.3) is 0 Å². The molecule has 1 heterocycles. The van der Waals surface area contributed by atoms with Gasteiger partial charge in [0.25, 0.3) is 15.9 Å². The summed E-state index contributed by atoms with van der Waals surface area (Å²) in [6.45, 7) is 2.72. The lowest BCUT2D eigenvalue weighted by atomic mass is 10.2. The molecule has 9 heteroatoms. The number of nitrogens with one attached hydrogen (secondary N) is 2. The van der Waals surface area contributed by atoms with E-state index in [0.717, 1.165) is 11.4 Å². The second-order valence-electron chi connectivity index (χ2n) is 7.19. The second-order valence-corrected chi connectivity index (χ2v) is 8.87. The molecule has 0 unspecified atom stereocenters. The van der Waals surface area contributed by atoms with E-state index in [2.05, 4.69) is 15.0 Å². The van der Waals surface area contributed by atoms with Gasteiger partial charge >= 0.3 is 0 Å². The molecule has 2 aromatic carbocycles. The monoisotopic (exact) mass is 454 g/mol. The Labute approximate surface area is 188 Å². The molecule has 0 saturated carbocycles. The van der Waals surface area contributed by atoms with Gasteiger partial charge in [-0.15, -0.1) is 0 Å². The van der Waals surface area contributed by atoms with Crippen LogP contribution < -0.4 is 19.7 Å². The summed E-state index contributed by atoms with van der Waals surface area (Å²) in [7, 11) is 0.0468. The smallest absolute Gasteiger partial charge is 0.261 e. The molecule has 0 bridgehead atoms. The Hall–Kier alpha value is -3.59. The summed E-state index contributed by atoms with van der Waals surface area (Å²) in [5.74, 6) is 1.15. The highest BCUT2D eigenvalue weighted by Crippen LogP contribution is 2.20. The molecule has 1 aromatic heterocycles. The van der Waals surface area contributed by atoms with Gasteiger partial charge in [0.15, 0.2) is 0 Å². The number of amides is 1. The van der Waals surface area contributed by atoms with Crippen molar-refractivity contribution in [3.63, 3.8) is 0 Å². The van der Waals surface area contributed by atoms with Crippen molar-refractivity contribution in [3.8, 4) is 5.75 Å². The Balaban J connectivity index is 1.61. The van der Waals surface area contributed by atoms with Crippen LogP contribution in [0.1, 0.15) is 22.8 Å². The van der Waals surface area contributed by atoms with E-state index < -0.39 is 10.0 Å². The number of anilines is 2. The third-order valence-corrected chi connectivity index (χ3v) is 5.96. The topological polar surface area (TPSA) is 101 Å². The molecule has 0 atom stereocenters. The number of hydrogen-bond donors (Lipinski definition) is 2. The first-order valence-electron chi connectivity index (χ1n) is 10.0. The van der Waals surface area contributed by atoms with E-state index >= 15 is 0 Å². The number of hydrogen-bond acceptors (Lipinski definition) is 6. The lowest BCUT2D eigenvalue weighted by Crippen LogP contribution is -2.23. The molecule has 0 spiro atoms. The summed E-state index contributed by atoms with van der Waals surface area (Å²) in [5.41, 5.74) is 1.72. The third-order valence-electron chi connectivity index (χ3n) is 4.57. The van der Waals surface area contributed by atoms with Crippen molar-refractivity contribution in [2.75, 3.05) is 30.3 Å². The van der Waals surface area contributed by atoms with Crippen LogP contribution in [0, 0.1) is 0 Å². The van der Waals surface area contributed by atoms with Crippen molar-refractivity contribution >= 4 is 27.4 Å². The number of carbonyl (C=O) groups is 1. The molecule has 8 nitrogen and oxygen atoms in total. The van der Waals surface area contributed by atoms with Crippen LogP contribution in [0.2, 0.25) is 0 Å². The lowest BCUT2D eigenvalue weighted by molar-refractivity contribution is 0.0951. The molecular formula is C23H26N4O4S. The van der Waals surface area contributed by atoms with Crippen molar-refractivity contribution in [3.05, 3.63) is 78.0 Å². The van der Waals surface area contributed by atoms with Crippen LogP contribution in [0.4, 0.5) is 11.5 Å². The molecule has 2 N–H and O–H groups in total. The van der Waals surface area contributed by atoms with Gasteiger partial charge in [-0.25, -0.2) is 13.4 Å². The number of pyridine rings is 1. The summed E-state index contributed by atoms with van der Waals surface area (Å²) in [5, 5.41) is 2.85. The van der Waals surface area contributed by atoms with Gasteiger partial charge in [0.2, 0.25) is 0 Å². The predicted octanol–water partition coefficient (Wildman–Crippen LogP) is 3.28. The van der Waals surface area contributed by atoms with E-state index in [1.165, 1.54) is 12.1 Å². The summed E-state index contributed by atoms with van der Waals surface area (Å²) in [6, 6.07) is 16.2. The number of sulfonamides is 1. The van der Waals surface area contributed by atoms with E-state index in [1.54, 1.807) is 42.6 Å². The average molecular weight is 455 g/mol. The summed E-state index contributed by atoms with van der Waals surface area (Å²) >= 11 is 0. The van der Waals surface area contributed by atoms with Gasteiger partial charge in [0, 0.05) is 38.1 Å². The van der Waals surface area contributed by atoms with Crippen molar-refractivity contribution in [1.82, 2.24) is 10.3 Å². The molecular weight excluding hydrogens is 428 g/mol. The van der Waals surface area contributed by atoms with E-state index in [4.69, 9.17) is 4.74 Å². The molecule has 1 amide bonds. The van der Waals surface area contributed by atoms with E-state index in [1.807, 2.05) is 38.1 Å². The number of rotatable bonds is 9. The van der Waals surface area contributed by atoms with Crippen molar-refractivity contribution in [1.29, 1.82) is 0 Å². The molecule has 3 aromatic rings. The first kappa shape index (κ1) is 23.1. The van der Waals surface area contributed by atoms with E-state index in [0.29, 0.717) is 30.2 Å². The highest BCUT2D eigenvalue weighted by molar-refractivity contribution is 7.92. The van der Waals surface area contributed by atoms with Crippen LogP contribution in [0.5, 0.6) is 5.75 Å². The molecule has 0 radical (unpaired) electrons. The van der Waals surface area contributed by atoms with Gasteiger partial charge < -0.3 is 15.0 Å². The summed E-state index contributed by atoms with van der Waals surface area (Å²) in [6.07, 6.45) is 1.70. The zero-order valence-electron chi connectivity index (χ0n) is 18.2. The highest BCUT2D eigenvalue weighted by Gasteiger charge is 2.15. The Bertz CT molecular complexity index is 1160. The fraction of sp³-hybridized carbons (Fsp3) is 0.217. The van der Waals surface area contributed by atoms with Gasteiger partial charge in [-0.3, -0.25) is 9.52 Å². The standard InChI is InChI=1S/C23H26N4O4S/c1-4-31-20-9-11-21(12-10-20)32(29,30)26-19-7-5-18(6-8-19)23(28)25-16-17-13-14-24-22(15-17)27(2)3/h5-15,26H,4,16H2,1-3H3,(H,25,28). The lowest BCUT2D eigenvalue weighted by Gasteiger charge is -2.13.